The fourth-order valence-electron chi connectivity index (χ4n) is 4.35. The molecule has 1 N–H and O–H groups in total. The Hall–Kier alpha value is -4.06. The first-order valence-corrected chi connectivity index (χ1v) is 11.7. The highest BCUT2D eigenvalue weighted by atomic mass is 16.5. The van der Waals surface area contributed by atoms with E-state index in [1.54, 1.807) is 7.11 Å². The van der Waals surface area contributed by atoms with Gasteiger partial charge >= 0.3 is 0 Å². The fraction of sp³-hybridized carbons (Fsp3) is 0.241. The van der Waals surface area contributed by atoms with E-state index in [4.69, 9.17) is 9.47 Å². The van der Waals surface area contributed by atoms with E-state index >= 15 is 0 Å². The van der Waals surface area contributed by atoms with Crippen molar-refractivity contribution in [2.75, 3.05) is 13.7 Å². The number of hydrogen-bond donors (Lipinski definition) is 1. The second-order valence-electron chi connectivity index (χ2n) is 8.36. The van der Waals surface area contributed by atoms with Gasteiger partial charge in [0.05, 0.1) is 25.3 Å². The number of rotatable bonds is 10. The molecule has 1 amide bonds. The maximum atomic E-state index is 13.4. The van der Waals surface area contributed by atoms with Crippen LogP contribution >= 0.6 is 0 Å². The Morgan fingerprint density at radius 3 is 2.37 bits per heavy atom. The molecule has 0 bridgehead atoms. The SMILES string of the molecule is CCOc1cccc(C2C(C(=O)CCc3ccccc3)=C(O)C(=O)N2Cc2ccc(OC)cc2)c1. The Morgan fingerprint density at radius 1 is 0.943 bits per heavy atom. The molecule has 6 heteroatoms. The molecule has 0 fully saturated rings. The van der Waals surface area contributed by atoms with Crippen LogP contribution in [0.5, 0.6) is 11.5 Å². The number of carbonyl (C=O) groups excluding carboxylic acids is 2. The van der Waals surface area contributed by atoms with Crippen LogP contribution in [0.4, 0.5) is 0 Å². The molecule has 1 atom stereocenters. The van der Waals surface area contributed by atoms with Crippen LogP contribution in [0.1, 0.15) is 36.1 Å². The third-order valence-corrected chi connectivity index (χ3v) is 6.08. The van der Waals surface area contributed by atoms with Gasteiger partial charge in [0.2, 0.25) is 0 Å². The molecule has 0 aromatic heterocycles. The van der Waals surface area contributed by atoms with Gasteiger partial charge in [0.15, 0.2) is 11.5 Å². The van der Waals surface area contributed by atoms with Gasteiger partial charge in [-0.3, -0.25) is 9.59 Å². The molecular formula is C29H29NO5. The molecule has 0 saturated heterocycles. The molecule has 0 spiro atoms. The quantitative estimate of drug-likeness (QED) is 0.440. The number of hydrogen-bond acceptors (Lipinski definition) is 5. The molecule has 3 aromatic rings. The molecule has 180 valence electrons. The lowest BCUT2D eigenvalue weighted by molar-refractivity contribution is -0.130. The molecule has 1 aliphatic rings. The number of aryl methyl sites for hydroxylation is 1. The van der Waals surface area contributed by atoms with Gasteiger partial charge in [-0.15, -0.1) is 0 Å². The minimum absolute atomic E-state index is 0.132. The van der Waals surface area contributed by atoms with E-state index < -0.39 is 17.7 Å². The van der Waals surface area contributed by atoms with Gasteiger partial charge in [-0.2, -0.15) is 0 Å². The number of ether oxygens (including phenoxy) is 2. The number of methoxy groups -OCH3 is 1. The maximum Gasteiger partial charge on any atom is 0.290 e. The summed E-state index contributed by atoms with van der Waals surface area (Å²) >= 11 is 0. The Kier molecular flexibility index (Phi) is 7.51. The molecule has 4 rings (SSSR count). The molecule has 35 heavy (non-hydrogen) atoms. The van der Waals surface area contributed by atoms with Gasteiger partial charge in [-0.05, 0) is 54.3 Å². The summed E-state index contributed by atoms with van der Waals surface area (Å²) in [6.07, 6.45) is 0.712. The average Bonchev–Trinajstić information content (AvgIpc) is 3.14. The van der Waals surface area contributed by atoms with Crippen molar-refractivity contribution in [3.8, 4) is 11.5 Å². The van der Waals surface area contributed by atoms with E-state index in [-0.39, 0.29) is 24.3 Å². The first-order valence-electron chi connectivity index (χ1n) is 11.7. The third-order valence-electron chi connectivity index (χ3n) is 6.08. The molecule has 0 radical (unpaired) electrons. The summed E-state index contributed by atoms with van der Waals surface area (Å²) in [7, 11) is 1.59. The van der Waals surface area contributed by atoms with E-state index in [1.807, 2.05) is 85.8 Å². The number of ketones is 1. The number of Topliss-reactive ketones (excluding diaryl/α,β-unsaturated/α-hetero) is 1. The Labute approximate surface area is 205 Å². The van der Waals surface area contributed by atoms with E-state index in [0.29, 0.717) is 30.1 Å². The summed E-state index contributed by atoms with van der Waals surface area (Å²) in [5.74, 6) is 0.0624. The van der Waals surface area contributed by atoms with Gasteiger partial charge in [0.25, 0.3) is 5.91 Å². The van der Waals surface area contributed by atoms with Crippen LogP contribution in [0.15, 0.2) is 90.2 Å². The Balaban J connectivity index is 1.67. The molecule has 1 heterocycles. The van der Waals surface area contributed by atoms with Crippen LogP contribution in [-0.4, -0.2) is 35.4 Å². The highest BCUT2D eigenvalue weighted by Gasteiger charge is 2.43. The zero-order valence-electron chi connectivity index (χ0n) is 19.9. The normalized spacial score (nSPS) is 15.4. The highest BCUT2D eigenvalue weighted by molar-refractivity contribution is 6.09. The minimum atomic E-state index is -0.715. The molecule has 3 aromatic carbocycles. The molecule has 6 nitrogen and oxygen atoms in total. The van der Waals surface area contributed by atoms with E-state index in [0.717, 1.165) is 11.1 Å². The Bertz CT molecular complexity index is 1220. The Morgan fingerprint density at radius 2 is 1.69 bits per heavy atom. The number of aliphatic hydroxyl groups is 1. The number of nitrogens with zero attached hydrogens (tertiary/aromatic N) is 1. The molecule has 1 aliphatic heterocycles. The predicted molar refractivity (Wildman–Crippen MR) is 133 cm³/mol. The maximum absolute atomic E-state index is 13.4. The second kappa shape index (κ2) is 10.9. The molecule has 1 unspecified atom stereocenters. The summed E-state index contributed by atoms with van der Waals surface area (Å²) < 4.78 is 10.9. The largest absolute Gasteiger partial charge is 0.503 e. The van der Waals surface area contributed by atoms with Crippen molar-refractivity contribution >= 4 is 11.7 Å². The van der Waals surface area contributed by atoms with Crippen molar-refractivity contribution in [1.82, 2.24) is 4.90 Å². The zero-order chi connectivity index (χ0) is 24.8. The lowest BCUT2D eigenvalue weighted by Gasteiger charge is -2.27. The highest BCUT2D eigenvalue weighted by Crippen LogP contribution is 2.40. The van der Waals surface area contributed by atoms with Crippen LogP contribution in [-0.2, 0) is 22.6 Å². The second-order valence-corrected chi connectivity index (χ2v) is 8.36. The monoisotopic (exact) mass is 471 g/mol. The van der Waals surface area contributed by atoms with Crippen molar-refractivity contribution in [2.24, 2.45) is 0 Å². The minimum Gasteiger partial charge on any atom is -0.503 e. The fourth-order valence-corrected chi connectivity index (χ4v) is 4.35. The lowest BCUT2D eigenvalue weighted by Crippen LogP contribution is -2.30. The summed E-state index contributed by atoms with van der Waals surface area (Å²) in [5, 5.41) is 10.9. The number of aliphatic hydroxyl groups excluding tert-OH is 1. The van der Waals surface area contributed by atoms with Gasteiger partial charge in [-0.25, -0.2) is 0 Å². The van der Waals surface area contributed by atoms with Gasteiger partial charge < -0.3 is 19.5 Å². The standard InChI is InChI=1S/C29H29NO5/c1-3-35-24-11-7-10-22(18-24)27-26(25(31)17-14-20-8-5-4-6-9-20)28(32)29(33)30(27)19-21-12-15-23(34-2)16-13-21/h4-13,15-16,18,27,32H,3,14,17,19H2,1-2H3. The summed E-state index contributed by atoms with van der Waals surface area (Å²) in [5.41, 5.74) is 2.73. The predicted octanol–water partition coefficient (Wildman–Crippen LogP) is 5.19. The summed E-state index contributed by atoms with van der Waals surface area (Å²) in [4.78, 5) is 28.2. The van der Waals surface area contributed by atoms with Crippen LogP contribution < -0.4 is 9.47 Å². The van der Waals surface area contributed by atoms with Crippen LogP contribution in [0.2, 0.25) is 0 Å². The average molecular weight is 472 g/mol. The summed E-state index contributed by atoms with van der Waals surface area (Å²) in [6, 6.07) is 23.7. The first-order chi connectivity index (χ1) is 17.0. The van der Waals surface area contributed by atoms with E-state index in [2.05, 4.69) is 0 Å². The van der Waals surface area contributed by atoms with Crippen molar-refractivity contribution in [1.29, 1.82) is 0 Å². The van der Waals surface area contributed by atoms with Gasteiger partial charge in [0, 0.05) is 13.0 Å². The van der Waals surface area contributed by atoms with Crippen LogP contribution in [0, 0.1) is 0 Å². The van der Waals surface area contributed by atoms with Crippen molar-refractivity contribution < 1.29 is 24.2 Å². The van der Waals surface area contributed by atoms with Gasteiger partial charge in [0.1, 0.15) is 11.5 Å². The van der Waals surface area contributed by atoms with Crippen molar-refractivity contribution in [3.05, 3.63) is 107 Å². The number of amides is 1. The first kappa shape index (κ1) is 24.1. The van der Waals surface area contributed by atoms with Crippen LogP contribution in [0.3, 0.4) is 0 Å². The van der Waals surface area contributed by atoms with Crippen molar-refractivity contribution in [2.45, 2.75) is 32.4 Å². The van der Waals surface area contributed by atoms with E-state index in [1.165, 1.54) is 4.90 Å². The smallest absolute Gasteiger partial charge is 0.290 e. The van der Waals surface area contributed by atoms with Crippen LogP contribution in [0.25, 0.3) is 0 Å². The topological polar surface area (TPSA) is 76.1 Å². The molecule has 0 saturated carbocycles. The third kappa shape index (κ3) is 5.38. The number of carbonyl (C=O) groups is 2. The van der Waals surface area contributed by atoms with Gasteiger partial charge in [-0.1, -0.05) is 54.6 Å². The summed E-state index contributed by atoms with van der Waals surface area (Å²) in [6.45, 7) is 2.62. The number of benzene rings is 3. The molecule has 0 aliphatic carbocycles. The lowest BCUT2D eigenvalue weighted by atomic mass is 9.93. The van der Waals surface area contributed by atoms with Crippen molar-refractivity contribution in [3.63, 3.8) is 0 Å². The zero-order valence-corrected chi connectivity index (χ0v) is 19.9. The van der Waals surface area contributed by atoms with E-state index in [9.17, 15) is 14.7 Å². The molecular weight excluding hydrogens is 442 g/mol.